The van der Waals surface area contributed by atoms with Crippen molar-refractivity contribution in [2.75, 3.05) is 6.61 Å². The van der Waals surface area contributed by atoms with Crippen molar-refractivity contribution < 1.29 is 24.2 Å². The second-order valence-corrected chi connectivity index (χ2v) is 3.68. The molecule has 0 aliphatic heterocycles. The van der Waals surface area contributed by atoms with Gasteiger partial charge in [0.1, 0.15) is 5.78 Å². The van der Waals surface area contributed by atoms with E-state index in [0.717, 1.165) is 0 Å². The Morgan fingerprint density at radius 3 is 2.67 bits per heavy atom. The number of carbonyl (C=O) groups is 3. The molecular weight excluding hydrogens is 200 g/mol. The van der Waals surface area contributed by atoms with Crippen molar-refractivity contribution in [1.82, 2.24) is 0 Å². The van der Waals surface area contributed by atoms with E-state index in [1.165, 1.54) is 0 Å². The van der Waals surface area contributed by atoms with Crippen molar-refractivity contribution in [2.45, 2.75) is 32.6 Å². The van der Waals surface area contributed by atoms with Crippen molar-refractivity contribution in [1.29, 1.82) is 0 Å². The summed E-state index contributed by atoms with van der Waals surface area (Å²) in [6, 6.07) is 0. The van der Waals surface area contributed by atoms with Crippen LogP contribution in [0.5, 0.6) is 0 Å². The maximum Gasteiger partial charge on any atom is 0.323 e. The van der Waals surface area contributed by atoms with Crippen LogP contribution in [0.3, 0.4) is 0 Å². The summed E-state index contributed by atoms with van der Waals surface area (Å²) in [5.74, 6) is -2.23. The van der Waals surface area contributed by atoms with Gasteiger partial charge in [0.15, 0.2) is 5.41 Å². The third-order valence-electron chi connectivity index (χ3n) is 2.63. The van der Waals surface area contributed by atoms with Gasteiger partial charge in [0, 0.05) is 12.8 Å². The van der Waals surface area contributed by atoms with Gasteiger partial charge in [-0.15, -0.1) is 0 Å². The lowest BCUT2D eigenvalue weighted by atomic mass is 9.73. The molecule has 1 atom stereocenters. The van der Waals surface area contributed by atoms with Gasteiger partial charge in [0.25, 0.3) is 0 Å². The predicted octanol–water partition coefficient (Wildman–Crippen LogP) is 0.764. The molecule has 1 N–H and O–H groups in total. The molecule has 1 rings (SSSR count). The highest BCUT2D eigenvalue weighted by molar-refractivity contribution is 6.03. The topological polar surface area (TPSA) is 80.7 Å². The highest BCUT2D eigenvalue weighted by atomic mass is 16.5. The van der Waals surface area contributed by atoms with E-state index >= 15 is 0 Å². The number of hydrogen-bond acceptors (Lipinski definition) is 4. The lowest BCUT2D eigenvalue weighted by molar-refractivity contribution is -0.172. The van der Waals surface area contributed by atoms with Crippen molar-refractivity contribution in [3.63, 3.8) is 0 Å². The fraction of sp³-hybridized carbons (Fsp3) is 0.700. The van der Waals surface area contributed by atoms with E-state index in [-0.39, 0.29) is 25.2 Å². The molecular formula is C10H14O5. The zero-order valence-electron chi connectivity index (χ0n) is 8.62. The molecule has 1 saturated carbocycles. The SMILES string of the molecule is CCOC(=O)C1(C(=O)O)CCCC(=O)C1. The summed E-state index contributed by atoms with van der Waals surface area (Å²) in [5.41, 5.74) is -1.63. The number of hydrogen-bond donors (Lipinski definition) is 1. The van der Waals surface area contributed by atoms with Crippen LogP contribution in [0.1, 0.15) is 32.6 Å². The zero-order chi connectivity index (χ0) is 11.5. The maximum absolute atomic E-state index is 11.6. The zero-order valence-corrected chi connectivity index (χ0v) is 8.62. The Balaban J connectivity index is 2.92. The summed E-state index contributed by atoms with van der Waals surface area (Å²) < 4.78 is 4.72. The van der Waals surface area contributed by atoms with E-state index in [4.69, 9.17) is 9.84 Å². The van der Waals surface area contributed by atoms with Gasteiger partial charge >= 0.3 is 11.9 Å². The summed E-state index contributed by atoms with van der Waals surface area (Å²) in [6.45, 7) is 1.74. The molecule has 0 radical (unpaired) electrons. The van der Waals surface area contributed by atoms with Crippen LogP contribution in [0.15, 0.2) is 0 Å². The minimum absolute atomic E-state index is 0.127. The number of carbonyl (C=O) groups excluding carboxylic acids is 2. The number of esters is 1. The molecule has 15 heavy (non-hydrogen) atoms. The van der Waals surface area contributed by atoms with Gasteiger partial charge in [0.05, 0.1) is 6.61 Å². The van der Waals surface area contributed by atoms with E-state index in [2.05, 4.69) is 0 Å². The molecule has 1 fully saturated rings. The first-order valence-corrected chi connectivity index (χ1v) is 4.95. The third-order valence-corrected chi connectivity index (χ3v) is 2.63. The number of carboxylic acid groups (broad SMARTS) is 1. The third kappa shape index (κ3) is 2.16. The van der Waals surface area contributed by atoms with Gasteiger partial charge in [-0.05, 0) is 19.8 Å². The predicted molar refractivity (Wildman–Crippen MR) is 50.2 cm³/mol. The van der Waals surface area contributed by atoms with Crippen LogP contribution < -0.4 is 0 Å². The second kappa shape index (κ2) is 4.42. The number of aliphatic carboxylic acids is 1. The molecule has 0 aromatic rings. The molecule has 0 heterocycles. The first-order valence-electron chi connectivity index (χ1n) is 4.95. The number of Topliss-reactive ketones (excluding diaryl/α,β-unsaturated/α-hetero) is 1. The van der Waals surface area contributed by atoms with Crippen molar-refractivity contribution in [2.24, 2.45) is 5.41 Å². The van der Waals surface area contributed by atoms with Crippen LogP contribution in [0.2, 0.25) is 0 Å². The molecule has 0 spiro atoms. The van der Waals surface area contributed by atoms with Crippen LogP contribution in [-0.4, -0.2) is 29.4 Å². The molecule has 0 bridgehead atoms. The Morgan fingerprint density at radius 1 is 1.53 bits per heavy atom. The van der Waals surface area contributed by atoms with Crippen LogP contribution in [0, 0.1) is 5.41 Å². The molecule has 84 valence electrons. The van der Waals surface area contributed by atoms with E-state index in [1.54, 1.807) is 6.92 Å². The van der Waals surface area contributed by atoms with Gasteiger partial charge < -0.3 is 9.84 Å². The Bertz CT molecular complexity index is 296. The number of carboxylic acids is 1. The minimum atomic E-state index is -1.63. The van der Waals surface area contributed by atoms with Crippen LogP contribution in [-0.2, 0) is 19.1 Å². The van der Waals surface area contributed by atoms with E-state index in [1.807, 2.05) is 0 Å². The van der Waals surface area contributed by atoms with Crippen LogP contribution in [0.25, 0.3) is 0 Å². The van der Waals surface area contributed by atoms with Crippen molar-refractivity contribution in [3.8, 4) is 0 Å². The van der Waals surface area contributed by atoms with Crippen LogP contribution >= 0.6 is 0 Å². The smallest absolute Gasteiger partial charge is 0.323 e. The summed E-state index contributed by atoms with van der Waals surface area (Å²) in [7, 11) is 0. The standard InChI is InChI=1S/C10H14O5/c1-2-15-9(14)10(8(12)13)5-3-4-7(11)6-10/h2-6H2,1H3,(H,12,13). The summed E-state index contributed by atoms with van der Waals surface area (Å²) >= 11 is 0. The monoisotopic (exact) mass is 214 g/mol. The van der Waals surface area contributed by atoms with Gasteiger partial charge in [-0.3, -0.25) is 14.4 Å². The molecule has 1 aliphatic rings. The summed E-state index contributed by atoms with van der Waals surface area (Å²) in [4.78, 5) is 33.9. The first kappa shape index (κ1) is 11.7. The highest BCUT2D eigenvalue weighted by Gasteiger charge is 2.50. The molecule has 0 aromatic heterocycles. The molecule has 1 aliphatic carbocycles. The Kier molecular flexibility index (Phi) is 3.44. The fourth-order valence-electron chi connectivity index (χ4n) is 1.81. The molecule has 0 aromatic carbocycles. The normalized spacial score (nSPS) is 26.1. The molecule has 1 unspecified atom stereocenters. The average molecular weight is 214 g/mol. The largest absolute Gasteiger partial charge is 0.480 e. The Labute approximate surface area is 87.4 Å². The maximum atomic E-state index is 11.6. The lowest BCUT2D eigenvalue weighted by Crippen LogP contribution is -2.44. The molecule has 5 heteroatoms. The Hall–Kier alpha value is -1.39. The van der Waals surface area contributed by atoms with Crippen molar-refractivity contribution >= 4 is 17.7 Å². The van der Waals surface area contributed by atoms with E-state index in [0.29, 0.717) is 12.8 Å². The molecule has 0 saturated heterocycles. The van der Waals surface area contributed by atoms with Gasteiger partial charge in [-0.2, -0.15) is 0 Å². The number of rotatable bonds is 3. The average Bonchev–Trinajstić information content (AvgIpc) is 2.17. The minimum Gasteiger partial charge on any atom is -0.480 e. The number of ether oxygens (including phenoxy) is 1. The second-order valence-electron chi connectivity index (χ2n) is 3.68. The van der Waals surface area contributed by atoms with Crippen LogP contribution in [0.4, 0.5) is 0 Å². The van der Waals surface area contributed by atoms with E-state index < -0.39 is 17.4 Å². The summed E-state index contributed by atoms with van der Waals surface area (Å²) in [5, 5.41) is 9.05. The Morgan fingerprint density at radius 2 is 2.20 bits per heavy atom. The highest BCUT2D eigenvalue weighted by Crippen LogP contribution is 2.36. The van der Waals surface area contributed by atoms with Crippen molar-refractivity contribution in [3.05, 3.63) is 0 Å². The van der Waals surface area contributed by atoms with Gasteiger partial charge in [-0.25, -0.2) is 0 Å². The molecule has 5 nitrogen and oxygen atoms in total. The lowest BCUT2D eigenvalue weighted by Gasteiger charge is -2.29. The quantitative estimate of drug-likeness (QED) is 0.554. The summed E-state index contributed by atoms with van der Waals surface area (Å²) in [6.07, 6.45) is 0.743. The first-order chi connectivity index (χ1) is 7.03. The number of ketones is 1. The van der Waals surface area contributed by atoms with Gasteiger partial charge in [0.2, 0.25) is 0 Å². The van der Waals surface area contributed by atoms with E-state index in [9.17, 15) is 14.4 Å². The van der Waals surface area contributed by atoms with Gasteiger partial charge in [-0.1, -0.05) is 0 Å². The molecule has 0 amide bonds. The fourth-order valence-corrected chi connectivity index (χ4v) is 1.81.